The molecule has 0 aliphatic rings. The molecule has 0 spiro atoms. The summed E-state index contributed by atoms with van der Waals surface area (Å²) in [7, 11) is 0. The zero-order valence-electron chi connectivity index (χ0n) is 20.3. The van der Waals surface area contributed by atoms with E-state index in [1.807, 2.05) is 0 Å². The van der Waals surface area contributed by atoms with Crippen LogP contribution in [0.4, 0.5) is 26.3 Å². The quantitative estimate of drug-likeness (QED) is 0.212. The highest BCUT2D eigenvalue weighted by atomic mass is 19.4. The molecule has 2 atom stereocenters. The van der Waals surface area contributed by atoms with Crippen LogP contribution in [0.2, 0.25) is 0 Å². The number of Topliss-reactive ketones (excluding diaryl/α,β-unsaturated/α-hetero) is 1. The van der Waals surface area contributed by atoms with Crippen LogP contribution >= 0.6 is 0 Å². The van der Waals surface area contributed by atoms with E-state index in [0.717, 1.165) is 10.9 Å². The first kappa shape index (κ1) is 28.2. The standard InChI is InChI=1S/C26H26F6N2O3/c1-24(2,3)37-23(36)19(10-15-13-34-21-7-5-4-6-18(15)21)22(35)12-20(33)14-8-16(25(27,28)29)11-17(9-14)26(30,31)32/h4-9,11,13,19-20,34H,10,12,33H2,1-3H3. The monoisotopic (exact) mass is 528 g/mol. The molecular formula is C26H26F6N2O3. The fraction of sp³-hybridized carbons (Fsp3) is 0.385. The number of ether oxygens (including phenoxy) is 1. The number of nitrogens with one attached hydrogen (secondary N) is 1. The number of carbonyl (C=O) groups is 2. The first-order valence-corrected chi connectivity index (χ1v) is 11.3. The number of rotatable bonds is 7. The van der Waals surface area contributed by atoms with Crippen molar-refractivity contribution in [3.8, 4) is 0 Å². The van der Waals surface area contributed by atoms with Crippen LogP contribution in [-0.4, -0.2) is 22.3 Å². The van der Waals surface area contributed by atoms with Crippen molar-refractivity contribution in [2.24, 2.45) is 11.7 Å². The topological polar surface area (TPSA) is 85.2 Å². The van der Waals surface area contributed by atoms with Crippen LogP contribution in [-0.2, 0) is 33.1 Å². The number of carbonyl (C=O) groups excluding carboxylic acids is 2. The first-order chi connectivity index (χ1) is 17.0. The molecule has 0 saturated heterocycles. The van der Waals surface area contributed by atoms with Crippen LogP contribution in [0.25, 0.3) is 10.9 Å². The normalized spacial score (nSPS) is 14.4. The van der Waals surface area contributed by atoms with Gasteiger partial charge in [-0.25, -0.2) is 0 Å². The third kappa shape index (κ3) is 7.12. The molecular weight excluding hydrogens is 502 g/mol. The number of para-hydroxylation sites is 1. The Morgan fingerprint density at radius 2 is 1.51 bits per heavy atom. The number of esters is 1. The average molecular weight is 528 g/mol. The fourth-order valence-electron chi connectivity index (χ4n) is 3.89. The second-order valence-electron chi connectivity index (χ2n) is 9.77. The van der Waals surface area contributed by atoms with Crippen molar-refractivity contribution < 1.29 is 40.7 Å². The molecule has 1 heterocycles. The van der Waals surface area contributed by atoms with Gasteiger partial charge < -0.3 is 15.5 Å². The molecule has 3 N–H and O–H groups in total. The Balaban J connectivity index is 1.93. The van der Waals surface area contributed by atoms with E-state index < -0.39 is 64.8 Å². The summed E-state index contributed by atoms with van der Waals surface area (Å²) in [4.78, 5) is 29.2. The number of ketones is 1. The Morgan fingerprint density at radius 1 is 0.946 bits per heavy atom. The lowest BCUT2D eigenvalue weighted by Crippen LogP contribution is -2.35. The summed E-state index contributed by atoms with van der Waals surface area (Å²) in [6, 6.07) is 6.57. The van der Waals surface area contributed by atoms with Gasteiger partial charge in [0.25, 0.3) is 0 Å². The highest BCUT2D eigenvalue weighted by Gasteiger charge is 2.38. The molecule has 2 aromatic carbocycles. The number of hydrogen-bond donors (Lipinski definition) is 2. The van der Waals surface area contributed by atoms with Crippen molar-refractivity contribution in [1.82, 2.24) is 4.98 Å². The Hall–Kier alpha value is -3.34. The molecule has 0 fully saturated rings. The molecule has 5 nitrogen and oxygen atoms in total. The maximum Gasteiger partial charge on any atom is 0.416 e. The molecule has 0 radical (unpaired) electrons. The number of aromatic nitrogens is 1. The molecule has 11 heteroatoms. The van der Waals surface area contributed by atoms with E-state index in [-0.39, 0.29) is 12.5 Å². The maximum absolute atomic E-state index is 13.3. The minimum Gasteiger partial charge on any atom is -0.459 e. The summed E-state index contributed by atoms with van der Waals surface area (Å²) in [5.41, 5.74) is 2.77. The summed E-state index contributed by atoms with van der Waals surface area (Å²) < 4.78 is 84.9. The molecule has 200 valence electrons. The highest BCUT2D eigenvalue weighted by molar-refractivity contribution is 6.00. The van der Waals surface area contributed by atoms with Crippen LogP contribution < -0.4 is 5.73 Å². The third-order valence-corrected chi connectivity index (χ3v) is 5.64. The predicted molar refractivity (Wildman–Crippen MR) is 124 cm³/mol. The SMILES string of the molecule is CC(C)(C)OC(=O)C(Cc1c[nH]c2ccccc12)C(=O)CC(N)c1cc(C(F)(F)F)cc(C(F)(F)F)c1. The van der Waals surface area contributed by atoms with Crippen molar-refractivity contribution in [2.75, 3.05) is 0 Å². The first-order valence-electron chi connectivity index (χ1n) is 11.3. The Morgan fingerprint density at radius 3 is 2.05 bits per heavy atom. The molecule has 3 aromatic rings. The Labute approximate surface area is 209 Å². The lowest BCUT2D eigenvalue weighted by atomic mass is 9.89. The Bertz CT molecular complexity index is 1260. The van der Waals surface area contributed by atoms with Crippen LogP contribution in [0.5, 0.6) is 0 Å². The molecule has 3 rings (SSSR count). The van der Waals surface area contributed by atoms with Crippen LogP contribution in [0, 0.1) is 5.92 Å². The molecule has 37 heavy (non-hydrogen) atoms. The molecule has 0 aliphatic heterocycles. The van der Waals surface area contributed by atoms with Gasteiger partial charge in [0, 0.05) is 29.6 Å². The van der Waals surface area contributed by atoms with Gasteiger partial charge in [-0.05, 0) is 62.6 Å². The summed E-state index contributed by atoms with van der Waals surface area (Å²) in [5, 5.41) is 0.751. The van der Waals surface area contributed by atoms with E-state index in [0.29, 0.717) is 17.7 Å². The number of nitrogens with two attached hydrogens (primary N) is 1. The van der Waals surface area contributed by atoms with Crippen LogP contribution in [0.1, 0.15) is 55.5 Å². The average Bonchev–Trinajstić information content (AvgIpc) is 3.17. The van der Waals surface area contributed by atoms with Gasteiger partial charge in [-0.2, -0.15) is 26.3 Å². The minimum atomic E-state index is -5.06. The number of aromatic amines is 1. The van der Waals surface area contributed by atoms with Crippen molar-refractivity contribution in [2.45, 2.75) is 57.6 Å². The molecule has 1 aromatic heterocycles. The maximum atomic E-state index is 13.3. The van der Waals surface area contributed by atoms with Crippen molar-refractivity contribution in [1.29, 1.82) is 0 Å². The van der Waals surface area contributed by atoms with Crippen LogP contribution in [0.15, 0.2) is 48.7 Å². The number of halogens is 6. The summed E-state index contributed by atoms with van der Waals surface area (Å²) in [6.07, 6.45) is -9.27. The van der Waals surface area contributed by atoms with Gasteiger partial charge in [-0.15, -0.1) is 0 Å². The van der Waals surface area contributed by atoms with Gasteiger partial charge in [0.15, 0.2) is 0 Å². The number of H-pyrrole nitrogens is 1. The van der Waals surface area contributed by atoms with Gasteiger partial charge in [-0.1, -0.05) is 18.2 Å². The van der Waals surface area contributed by atoms with Gasteiger partial charge >= 0.3 is 18.3 Å². The lowest BCUT2D eigenvalue weighted by Gasteiger charge is -2.24. The number of fused-ring (bicyclic) bond motifs is 1. The molecule has 0 saturated carbocycles. The summed E-state index contributed by atoms with van der Waals surface area (Å²) in [6.45, 7) is 4.81. The summed E-state index contributed by atoms with van der Waals surface area (Å²) >= 11 is 0. The zero-order chi connectivity index (χ0) is 27.8. The lowest BCUT2D eigenvalue weighted by molar-refractivity contribution is -0.162. The Kier molecular flexibility index (Phi) is 7.78. The highest BCUT2D eigenvalue weighted by Crippen LogP contribution is 2.38. The fourth-order valence-corrected chi connectivity index (χ4v) is 3.89. The van der Waals surface area contributed by atoms with Gasteiger partial charge in [0.05, 0.1) is 11.1 Å². The number of benzene rings is 2. The molecule has 0 bridgehead atoms. The summed E-state index contributed by atoms with van der Waals surface area (Å²) in [5.74, 6) is -3.01. The largest absolute Gasteiger partial charge is 0.459 e. The van der Waals surface area contributed by atoms with Crippen molar-refractivity contribution >= 4 is 22.7 Å². The second-order valence-corrected chi connectivity index (χ2v) is 9.77. The van der Waals surface area contributed by atoms with E-state index >= 15 is 0 Å². The van der Waals surface area contributed by atoms with Crippen molar-refractivity contribution in [3.05, 3.63) is 70.9 Å². The zero-order valence-corrected chi connectivity index (χ0v) is 20.3. The van der Waals surface area contributed by atoms with Crippen LogP contribution in [0.3, 0.4) is 0 Å². The minimum absolute atomic E-state index is 0.0153. The van der Waals surface area contributed by atoms with E-state index in [1.54, 1.807) is 51.2 Å². The van der Waals surface area contributed by atoms with E-state index in [2.05, 4.69) is 4.98 Å². The molecule has 2 unspecified atom stereocenters. The molecule has 0 aliphatic carbocycles. The van der Waals surface area contributed by atoms with Gasteiger partial charge in [0.1, 0.15) is 17.3 Å². The smallest absolute Gasteiger partial charge is 0.416 e. The van der Waals surface area contributed by atoms with E-state index in [4.69, 9.17) is 10.5 Å². The van der Waals surface area contributed by atoms with Crippen molar-refractivity contribution in [3.63, 3.8) is 0 Å². The van der Waals surface area contributed by atoms with Gasteiger partial charge in [0.2, 0.25) is 0 Å². The number of alkyl halides is 6. The number of hydrogen-bond acceptors (Lipinski definition) is 4. The predicted octanol–water partition coefficient (Wildman–Crippen LogP) is 6.37. The van der Waals surface area contributed by atoms with E-state index in [9.17, 15) is 35.9 Å². The third-order valence-electron chi connectivity index (χ3n) is 5.64. The molecule has 0 amide bonds. The second kappa shape index (κ2) is 10.2. The van der Waals surface area contributed by atoms with Gasteiger partial charge in [-0.3, -0.25) is 9.59 Å². The van der Waals surface area contributed by atoms with E-state index in [1.165, 1.54) is 0 Å².